The monoisotopic (exact) mass is 299 g/mol. The van der Waals surface area contributed by atoms with Crippen LogP contribution in [0.4, 0.5) is 10.1 Å². The Morgan fingerprint density at radius 1 is 1.40 bits per heavy atom. The number of nitrogens with one attached hydrogen (secondary N) is 1. The fraction of sp³-hybridized carbons (Fsp3) is 0.545. The Kier molecular flexibility index (Phi) is 4.28. The molecule has 0 aromatic carbocycles. The highest BCUT2D eigenvalue weighted by molar-refractivity contribution is 7.18. The smallest absolute Gasteiger partial charge is 0.345 e. The summed E-state index contributed by atoms with van der Waals surface area (Å²) in [5, 5.41) is 22.1. The number of nitro groups is 1. The van der Waals surface area contributed by atoms with E-state index in [4.69, 9.17) is 5.11 Å². The summed E-state index contributed by atoms with van der Waals surface area (Å²) in [6, 6.07) is 0. The molecule has 108 valence electrons. The second kappa shape index (κ2) is 5.95. The van der Waals surface area contributed by atoms with Gasteiger partial charge in [-0.15, -0.1) is 0 Å². The number of nitrogens with zero attached hydrogens (tertiary/aromatic N) is 2. The molecule has 2 rings (SSSR count). The first-order valence-corrected chi connectivity index (χ1v) is 6.94. The van der Waals surface area contributed by atoms with Crippen LogP contribution in [0.15, 0.2) is 6.20 Å². The van der Waals surface area contributed by atoms with Gasteiger partial charge in [0.25, 0.3) is 0 Å². The Bertz CT molecular complexity index is 544. The molecule has 0 bridgehead atoms. The maximum absolute atomic E-state index is 12.1. The Morgan fingerprint density at radius 2 is 2.05 bits per heavy atom. The third-order valence-electron chi connectivity index (χ3n) is 3.32. The number of carbonyl (C=O) groups excluding carboxylic acids is 1. The highest BCUT2D eigenvalue weighted by Crippen LogP contribution is 2.32. The lowest BCUT2D eigenvalue weighted by Crippen LogP contribution is -2.36. The first-order chi connectivity index (χ1) is 9.49. The fourth-order valence-corrected chi connectivity index (χ4v) is 2.98. The van der Waals surface area contributed by atoms with Crippen molar-refractivity contribution in [1.82, 2.24) is 4.98 Å². The largest absolute Gasteiger partial charge is 0.481 e. The lowest BCUT2D eigenvalue weighted by Gasteiger charge is -2.26. The number of carboxylic acids is 1. The summed E-state index contributed by atoms with van der Waals surface area (Å²) in [6.45, 7) is 0. The highest BCUT2D eigenvalue weighted by Gasteiger charge is 2.36. The average molecular weight is 299 g/mol. The van der Waals surface area contributed by atoms with Crippen LogP contribution in [0.3, 0.4) is 0 Å². The van der Waals surface area contributed by atoms with E-state index in [9.17, 15) is 19.7 Å². The molecule has 2 N–H and O–H groups in total. The maximum Gasteiger partial charge on any atom is 0.345 e. The standard InChI is InChI=1S/C11H13N3O5S/c15-9(6-3-1-2-4-7(6)10(16)17)13-11-12-5-8(20-11)14(18)19/h5-7H,1-4H2,(H,16,17)(H,12,13,15)/t6-,7?/m1/s1. The van der Waals surface area contributed by atoms with Gasteiger partial charge in [0.05, 0.1) is 16.8 Å². The number of thiazole rings is 1. The van der Waals surface area contributed by atoms with Gasteiger partial charge in [-0.05, 0) is 24.2 Å². The molecule has 1 amide bonds. The summed E-state index contributed by atoms with van der Waals surface area (Å²) < 4.78 is 0. The zero-order chi connectivity index (χ0) is 14.7. The van der Waals surface area contributed by atoms with Crippen LogP contribution in [-0.2, 0) is 9.59 Å². The van der Waals surface area contributed by atoms with Crippen molar-refractivity contribution in [1.29, 1.82) is 0 Å². The van der Waals surface area contributed by atoms with Gasteiger partial charge in [0, 0.05) is 0 Å². The molecular weight excluding hydrogens is 286 g/mol. The van der Waals surface area contributed by atoms with Gasteiger partial charge in [0.2, 0.25) is 5.91 Å². The third kappa shape index (κ3) is 3.10. The Morgan fingerprint density at radius 3 is 2.60 bits per heavy atom. The van der Waals surface area contributed by atoms with Gasteiger partial charge in [0.15, 0.2) is 5.13 Å². The van der Waals surface area contributed by atoms with E-state index >= 15 is 0 Å². The van der Waals surface area contributed by atoms with Crippen LogP contribution in [0.5, 0.6) is 0 Å². The van der Waals surface area contributed by atoms with E-state index in [2.05, 4.69) is 10.3 Å². The Hall–Kier alpha value is -2.03. The number of amides is 1. The molecule has 20 heavy (non-hydrogen) atoms. The van der Waals surface area contributed by atoms with E-state index in [1.54, 1.807) is 0 Å². The van der Waals surface area contributed by atoms with Crippen molar-refractivity contribution in [3.63, 3.8) is 0 Å². The molecule has 1 saturated carbocycles. The molecular formula is C11H13N3O5S. The minimum Gasteiger partial charge on any atom is -0.481 e. The minimum atomic E-state index is -0.977. The van der Waals surface area contributed by atoms with Gasteiger partial charge in [-0.2, -0.15) is 0 Å². The quantitative estimate of drug-likeness (QED) is 0.646. The number of hydrogen-bond donors (Lipinski definition) is 2. The average Bonchev–Trinajstić information content (AvgIpc) is 2.87. The molecule has 1 heterocycles. The summed E-state index contributed by atoms with van der Waals surface area (Å²) in [5.41, 5.74) is 0. The van der Waals surface area contributed by atoms with Crippen LogP contribution in [0.2, 0.25) is 0 Å². The summed E-state index contributed by atoms with van der Waals surface area (Å²) in [7, 11) is 0. The Labute approximate surface area is 118 Å². The van der Waals surface area contributed by atoms with Crippen molar-refractivity contribution < 1.29 is 19.6 Å². The van der Waals surface area contributed by atoms with Gasteiger partial charge < -0.3 is 10.4 Å². The van der Waals surface area contributed by atoms with E-state index in [-0.39, 0.29) is 10.1 Å². The third-order valence-corrected chi connectivity index (χ3v) is 4.19. The molecule has 1 unspecified atom stereocenters. The zero-order valence-electron chi connectivity index (χ0n) is 10.4. The van der Waals surface area contributed by atoms with Crippen molar-refractivity contribution in [3.8, 4) is 0 Å². The minimum absolute atomic E-state index is 0.122. The van der Waals surface area contributed by atoms with Gasteiger partial charge in [-0.1, -0.05) is 12.8 Å². The lowest BCUT2D eigenvalue weighted by molar-refractivity contribution is -0.380. The summed E-state index contributed by atoms with van der Waals surface area (Å²) >= 11 is 0.753. The number of rotatable bonds is 4. The number of carboxylic acid groups (broad SMARTS) is 1. The molecule has 8 nitrogen and oxygen atoms in total. The molecule has 1 aliphatic rings. The number of aliphatic carboxylic acids is 1. The number of carbonyl (C=O) groups is 2. The zero-order valence-corrected chi connectivity index (χ0v) is 11.3. The van der Waals surface area contributed by atoms with Crippen molar-refractivity contribution >= 4 is 33.3 Å². The molecule has 1 aliphatic carbocycles. The molecule has 0 radical (unpaired) electrons. The van der Waals surface area contributed by atoms with Gasteiger partial charge >= 0.3 is 11.0 Å². The second-order valence-corrected chi connectivity index (χ2v) is 5.59. The SMILES string of the molecule is O=C(O)C1CCCC[C@H]1C(=O)Nc1ncc([N+](=O)[O-])s1. The van der Waals surface area contributed by atoms with Crippen molar-refractivity contribution in [2.24, 2.45) is 11.8 Å². The molecule has 1 fully saturated rings. The summed E-state index contributed by atoms with van der Waals surface area (Å²) in [6.07, 6.45) is 3.65. The second-order valence-electron chi connectivity index (χ2n) is 4.59. The summed E-state index contributed by atoms with van der Waals surface area (Å²) in [4.78, 5) is 36.9. The van der Waals surface area contributed by atoms with Crippen molar-refractivity contribution in [2.45, 2.75) is 25.7 Å². The van der Waals surface area contributed by atoms with Gasteiger partial charge in [-0.3, -0.25) is 19.7 Å². The van der Waals surface area contributed by atoms with Gasteiger partial charge in [0.1, 0.15) is 6.20 Å². The van der Waals surface area contributed by atoms with Gasteiger partial charge in [-0.25, -0.2) is 4.98 Å². The highest BCUT2D eigenvalue weighted by atomic mass is 32.1. The Balaban J connectivity index is 2.05. The first kappa shape index (κ1) is 14.4. The van der Waals surface area contributed by atoms with Crippen LogP contribution in [0.1, 0.15) is 25.7 Å². The molecule has 0 aliphatic heterocycles. The molecule has 9 heteroatoms. The molecule has 2 atom stereocenters. The first-order valence-electron chi connectivity index (χ1n) is 6.13. The number of anilines is 1. The number of hydrogen-bond acceptors (Lipinski definition) is 6. The van der Waals surface area contributed by atoms with E-state index in [1.807, 2.05) is 0 Å². The van der Waals surface area contributed by atoms with Crippen LogP contribution in [-0.4, -0.2) is 26.9 Å². The number of aromatic nitrogens is 1. The normalized spacial score (nSPS) is 22.2. The lowest BCUT2D eigenvalue weighted by atomic mass is 9.79. The topological polar surface area (TPSA) is 122 Å². The molecule has 1 aromatic heterocycles. The maximum atomic E-state index is 12.1. The fourth-order valence-electron chi connectivity index (χ4n) is 2.35. The van der Waals surface area contributed by atoms with Crippen molar-refractivity contribution in [2.75, 3.05) is 5.32 Å². The molecule has 0 saturated heterocycles. The van der Waals surface area contributed by atoms with Crippen LogP contribution in [0, 0.1) is 22.0 Å². The van der Waals surface area contributed by atoms with E-state index in [0.29, 0.717) is 12.8 Å². The molecule has 1 aromatic rings. The summed E-state index contributed by atoms with van der Waals surface area (Å²) in [5.74, 6) is -2.71. The molecule has 0 spiro atoms. The van der Waals surface area contributed by atoms with Crippen LogP contribution >= 0.6 is 11.3 Å². The predicted molar refractivity (Wildman–Crippen MR) is 70.5 cm³/mol. The van der Waals surface area contributed by atoms with E-state index < -0.39 is 28.6 Å². The van der Waals surface area contributed by atoms with E-state index in [0.717, 1.165) is 30.4 Å². The van der Waals surface area contributed by atoms with Crippen molar-refractivity contribution in [3.05, 3.63) is 16.3 Å². The predicted octanol–water partition coefficient (Wildman–Crippen LogP) is 1.88. The van der Waals surface area contributed by atoms with E-state index in [1.165, 1.54) is 0 Å². The van der Waals surface area contributed by atoms with Crippen LogP contribution in [0.25, 0.3) is 0 Å². The van der Waals surface area contributed by atoms with Crippen LogP contribution < -0.4 is 5.32 Å².